The first-order valence-corrected chi connectivity index (χ1v) is 12.2. The summed E-state index contributed by atoms with van der Waals surface area (Å²) in [7, 11) is 1.73. The largest absolute Gasteiger partial charge is 0.347 e. The van der Waals surface area contributed by atoms with Crippen LogP contribution in [0.1, 0.15) is 75.5 Å². The molecule has 0 spiro atoms. The minimum atomic E-state index is -0.565. The van der Waals surface area contributed by atoms with Crippen LogP contribution in [0, 0.1) is 0 Å². The Labute approximate surface area is 190 Å². The van der Waals surface area contributed by atoms with E-state index in [9.17, 15) is 14.4 Å². The van der Waals surface area contributed by atoms with E-state index in [0.717, 1.165) is 44.9 Å². The number of likely N-dealkylation sites (N-methyl/N-ethyl adjacent to an activating group) is 1. The van der Waals surface area contributed by atoms with Gasteiger partial charge in [-0.15, -0.1) is 0 Å². The fourth-order valence-corrected chi connectivity index (χ4v) is 5.52. The first-order valence-electron chi connectivity index (χ1n) is 12.2. The molecule has 7 nitrogen and oxygen atoms in total. The molecule has 1 aliphatic carbocycles. The second-order valence-corrected chi connectivity index (χ2v) is 9.50. The molecule has 1 aromatic rings. The maximum Gasteiger partial charge on any atom is 0.246 e. The van der Waals surface area contributed by atoms with Crippen LogP contribution in [-0.4, -0.2) is 53.8 Å². The number of carbonyl (C=O) groups excluding carboxylic acids is 3. The monoisotopic (exact) mass is 440 g/mol. The number of aryl methyl sites for hydroxylation is 1. The highest BCUT2D eigenvalue weighted by atomic mass is 16.2. The van der Waals surface area contributed by atoms with E-state index in [1.54, 1.807) is 18.9 Å². The number of nitrogens with zero attached hydrogens (tertiary/aromatic N) is 1. The predicted molar refractivity (Wildman–Crippen MR) is 123 cm³/mol. The number of carbonyl (C=O) groups is 3. The topological polar surface area (TPSA) is 90.5 Å². The van der Waals surface area contributed by atoms with Gasteiger partial charge in [-0.2, -0.15) is 0 Å². The lowest BCUT2D eigenvalue weighted by molar-refractivity contribution is -0.144. The molecule has 5 atom stereocenters. The Morgan fingerprint density at radius 3 is 2.53 bits per heavy atom. The van der Waals surface area contributed by atoms with Crippen LogP contribution in [0.5, 0.6) is 0 Å². The maximum absolute atomic E-state index is 13.5. The second kappa shape index (κ2) is 10.0. The van der Waals surface area contributed by atoms with Crippen molar-refractivity contribution in [2.24, 2.45) is 0 Å². The molecule has 3 N–H and O–H groups in total. The zero-order valence-corrected chi connectivity index (χ0v) is 19.2. The fraction of sp³-hybridized carbons (Fsp3) is 0.640. The van der Waals surface area contributed by atoms with Crippen LogP contribution in [-0.2, 0) is 20.8 Å². The Morgan fingerprint density at radius 1 is 0.969 bits per heavy atom. The average molecular weight is 441 g/mol. The molecule has 0 bridgehead atoms. The molecule has 174 valence electrons. The summed E-state index contributed by atoms with van der Waals surface area (Å²) >= 11 is 0. The number of nitrogens with one attached hydrogen (secondary N) is 3. The zero-order chi connectivity index (χ0) is 22.7. The highest BCUT2D eigenvalue weighted by Crippen LogP contribution is 2.33. The third-order valence-corrected chi connectivity index (χ3v) is 7.47. The third kappa shape index (κ3) is 4.68. The molecule has 2 unspecified atom stereocenters. The van der Waals surface area contributed by atoms with Crippen molar-refractivity contribution in [1.29, 1.82) is 0 Å². The van der Waals surface area contributed by atoms with E-state index < -0.39 is 12.1 Å². The molecule has 2 heterocycles. The van der Waals surface area contributed by atoms with E-state index in [0.29, 0.717) is 12.8 Å². The number of hydrogen-bond acceptors (Lipinski definition) is 4. The average Bonchev–Trinajstić information content (AvgIpc) is 3.22. The van der Waals surface area contributed by atoms with Crippen LogP contribution in [0.25, 0.3) is 0 Å². The summed E-state index contributed by atoms with van der Waals surface area (Å²) in [5, 5.41) is 9.11. The molecule has 7 heteroatoms. The summed E-state index contributed by atoms with van der Waals surface area (Å²) in [6.07, 6.45) is 8.01. The molecule has 1 aromatic carbocycles. The van der Waals surface area contributed by atoms with Gasteiger partial charge >= 0.3 is 0 Å². The van der Waals surface area contributed by atoms with Crippen LogP contribution in [0.3, 0.4) is 0 Å². The summed E-state index contributed by atoms with van der Waals surface area (Å²) < 4.78 is 0. The standard InChI is InChI=1S/C25H36N4O3/c1-16(26-2)23(30)28-21-12-6-4-10-18-14-15-22(29(18)25(21)32)24(31)27-20-13-7-9-17-8-3-5-11-19(17)20/h3,5,8,11,16,18,20-22,26H,4,6-7,9-10,12-15H2,1-2H3,(H,27,31)(H,28,30)/t16-,18+,20+,21?,22?/m0/s1. The normalized spacial score (nSPS) is 28.7. The lowest BCUT2D eigenvalue weighted by Gasteiger charge is -2.36. The van der Waals surface area contributed by atoms with Gasteiger partial charge in [-0.3, -0.25) is 14.4 Å². The van der Waals surface area contributed by atoms with Crippen molar-refractivity contribution in [2.45, 2.75) is 94.9 Å². The summed E-state index contributed by atoms with van der Waals surface area (Å²) in [5.41, 5.74) is 2.50. The summed E-state index contributed by atoms with van der Waals surface area (Å²) in [6.45, 7) is 1.78. The molecule has 3 amide bonds. The Bertz CT molecular complexity index is 857. The number of amides is 3. The van der Waals surface area contributed by atoms with E-state index in [1.165, 1.54) is 11.1 Å². The van der Waals surface area contributed by atoms with Gasteiger partial charge in [0.1, 0.15) is 12.1 Å². The Morgan fingerprint density at radius 2 is 1.72 bits per heavy atom. The van der Waals surface area contributed by atoms with Crippen molar-refractivity contribution >= 4 is 17.7 Å². The van der Waals surface area contributed by atoms with Crippen molar-refractivity contribution in [1.82, 2.24) is 20.9 Å². The minimum absolute atomic E-state index is 0.00309. The van der Waals surface area contributed by atoms with Gasteiger partial charge < -0.3 is 20.9 Å². The zero-order valence-electron chi connectivity index (χ0n) is 19.2. The molecule has 2 saturated heterocycles. The predicted octanol–water partition coefficient (Wildman–Crippen LogP) is 2.21. The number of hydrogen-bond donors (Lipinski definition) is 3. The highest BCUT2D eigenvalue weighted by molar-refractivity contribution is 5.93. The molecule has 32 heavy (non-hydrogen) atoms. The van der Waals surface area contributed by atoms with E-state index in [1.807, 2.05) is 12.1 Å². The molecule has 2 aliphatic heterocycles. The molecular weight excluding hydrogens is 404 g/mol. The van der Waals surface area contributed by atoms with Gasteiger partial charge in [-0.1, -0.05) is 37.1 Å². The van der Waals surface area contributed by atoms with Gasteiger partial charge in [0.2, 0.25) is 17.7 Å². The summed E-state index contributed by atoms with van der Waals surface area (Å²) in [4.78, 5) is 41.2. The van der Waals surface area contributed by atoms with Crippen molar-refractivity contribution in [2.75, 3.05) is 7.05 Å². The van der Waals surface area contributed by atoms with E-state index in [-0.39, 0.29) is 35.8 Å². The SMILES string of the molecule is CN[C@@H](C)C(=O)NC1CCCC[C@@H]2CCC(C(=O)N[C@@H]3CCCc4ccccc43)N2C1=O. The second-order valence-electron chi connectivity index (χ2n) is 9.50. The highest BCUT2D eigenvalue weighted by Gasteiger charge is 2.44. The van der Waals surface area contributed by atoms with Crippen LogP contribution >= 0.6 is 0 Å². The molecule has 4 rings (SSSR count). The van der Waals surface area contributed by atoms with Crippen LogP contribution in [0.2, 0.25) is 0 Å². The lowest BCUT2D eigenvalue weighted by atomic mass is 9.87. The van der Waals surface area contributed by atoms with Crippen molar-refractivity contribution in [3.63, 3.8) is 0 Å². The van der Waals surface area contributed by atoms with Crippen LogP contribution in [0.4, 0.5) is 0 Å². The van der Waals surface area contributed by atoms with E-state index in [2.05, 4.69) is 28.1 Å². The summed E-state index contributed by atoms with van der Waals surface area (Å²) in [6, 6.07) is 7.01. The Balaban J connectivity index is 1.49. The van der Waals surface area contributed by atoms with Crippen molar-refractivity contribution in [3.05, 3.63) is 35.4 Å². The van der Waals surface area contributed by atoms with E-state index >= 15 is 0 Å². The van der Waals surface area contributed by atoms with Gasteiger partial charge in [-0.05, 0) is 70.0 Å². The molecule has 0 aromatic heterocycles. The van der Waals surface area contributed by atoms with Gasteiger partial charge in [0, 0.05) is 6.04 Å². The van der Waals surface area contributed by atoms with E-state index in [4.69, 9.17) is 0 Å². The van der Waals surface area contributed by atoms with Gasteiger partial charge in [0.15, 0.2) is 0 Å². The smallest absolute Gasteiger partial charge is 0.246 e. The maximum atomic E-state index is 13.5. The van der Waals surface area contributed by atoms with Crippen molar-refractivity contribution in [3.8, 4) is 0 Å². The number of fused-ring (bicyclic) bond motifs is 2. The fourth-order valence-electron chi connectivity index (χ4n) is 5.52. The van der Waals surface area contributed by atoms with Crippen LogP contribution < -0.4 is 16.0 Å². The molecule has 3 aliphatic rings. The first-order chi connectivity index (χ1) is 15.5. The minimum Gasteiger partial charge on any atom is -0.347 e. The van der Waals surface area contributed by atoms with Gasteiger partial charge in [0.05, 0.1) is 12.1 Å². The van der Waals surface area contributed by atoms with Gasteiger partial charge in [-0.25, -0.2) is 0 Å². The Kier molecular flexibility index (Phi) is 7.13. The first kappa shape index (κ1) is 22.8. The summed E-state index contributed by atoms with van der Waals surface area (Å²) in [5.74, 6) is -0.341. The quantitative estimate of drug-likeness (QED) is 0.655. The number of rotatable bonds is 5. The Hall–Kier alpha value is -2.41. The molecule has 0 saturated carbocycles. The van der Waals surface area contributed by atoms with Crippen LogP contribution in [0.15, 0.2) is 24.3 Å². The van der Waals surface area contributed by atoms with Gasteiger partial charge in [0.25, 0.3) is 0 Å². The third-order valence-electron chi connectivity index (χ3n) is 7.47. The van der Waals surface area contributed by atoms with Crippen molar-refractivity contribution < 1.29 is 14.4 Å². The molecule has 2 fully saturated rings. The lowest BCUT2D eigenvalue weighted by Crippen LogP contribution is -2.58. The molecular formula is C25H36N4O3. The molecule has 0 radical (unpaired) electrons. The number of benzene rings is 1.